The summed E-state index contributed by atoms with van der Waals surface area (Å²) >= 11 is 0. The Kier molecular flexibility index (Phi) is 8.58. The fraction of sp³-hybridized carbons (Fsp3) is 0.526. The fourth-order valence-corrected chi connectivity index (χ4v) is 9.05. The van der Waals surface area contributed by atoms with Gasteiger partial charge in [-0.2, -0.15) is 0 Å². The molecule has 7 atom stereocenters. The number of benzene rings is 2. The van der Waals surface area contributed by atoms with E-state index in [1.165, 1.54) is 38.4 Å². The van der Waals surface area contributed by atoms with Gasteiger partial charge in [0.1, 0.15) is 5.75 Å². The Labute approximate surface area is 265 Å². The number of aliphatic hydroxyl groups excluding tert-OH is 1. The summed E-state index contributed by atoms with van der Waals surface area (Å²) in [5.74, 6) is 2.14. The van der Waals surface area contributed by atoms with Crippen LogP contribution in [0.15, 0.2) is 54.9 Å². The van der Waals surface area contributed by atoms with E-state index in [0.29, 0.717) is 24.5 Å². The molecule has 7 rings (SSSR count). The predicted octanol–water partition coefficient (Wildman–Crippen LogP) is 7.75. The highest BCUT2D eigenvalue weighted by Gasteiger charge is 2.43. The molecule has 2 heterocycles. The molecule has 3 aromatic rings. The van der Waals surface area contributed by atoms with Crippen LogP contribution in [0.3, 0.4) is 0 Å². The molecular weight excluding hydrogens is 566 g/mol. The van der Waals surface area contributed by atoms with Gasteiger partial charge < -0.3 is 34.9 Å². The third-order valence-corrected chi connectivity index (χ3v) is 11.5. The van der Waals surface area contributed by atoms with E-state index in [0.717, 1.165) is 60.3 Å². The Hall–Kier alpha value is -3.42. The quantitative estimate of drug-likeness (QED) is 0.138. The Morgan fingerprint density at radius 3 is 2.53 bits per heavy atom. The first-order valence-electron chi connectivity index (χ1n) is 17.0. The van der Waals surface area contributed by atoms with Gasteiger partial charge in [0.15, 0.2) is 11.5 Å². The first-order valence-corrected chi connectivity index (χ1v) is 17.0. The Bertz CT molecular complexity index is 1510. The summed E-state index contributed by atoms with van der Waals surface area (Å²) in [4.78, 5) is 3.08. The zero-order valence-electron chi connectivity index (χ0n) is 26.2. The summed E-state index contributed by atoms with van der Waals surface area (Å²) in [5, 5.41) is 43.6. The van der Waals surface area contributed by atoms with E-state index in [-0.39, 0.29) is 41.1 Å². The molecule has 2 aromatic carbocycles. The topological polar surface area (TPSA) is 115 Å². The second-order valence-corrected chi connectivity index (χ2v) is 14.0. The van der Waals surface area contributed by atoms with Crippen LogP contribution in [-0.4, -0.2) is 44.7 Å². The number of aromatic amines is 1. The molecule has 4 aliphatic rings. The molecule has 45 heavy (non-hydrogen) atoms. The molecule has 0 amide bonds. The lowest BCUT2D eigenvalue weighted by Gasteiger charge is -2.45. The van der Waals surface area contributed by atoms with Crippen LogP contribution < -0.4 is 4.74 Å². The van der Waals surface area contributed by atoms with E-state index in [1.807, 2.05) is 24.5 Å². The highest BCUT2D eigenvalue weighted by Crippen LogP contribution is 2.51. The van der Waals surface area contributed by atoms with Crippen LogP contribution in [0.25, 0.3) is 0 Å². The molecule has 1 aliphatic heterocycles. The molecule has 3 fully saturated rings. The number of nitrogens with one attached hydrogen (secondary N) is 1. The lowest BCUT2D eigenvalue weighted by atomic mass is 9.71. The highest BCUT2D eigenvalue weighted by molar-refractivity contribution is 5.59. The second-order valence-electron chi connectivity index (χ2n) is 14.0. The van der Waals surface area contributed by atoms with Crippen molar-refractivity contribution in [3.8, 4) is 23.0 Å². The zero-order chi connectivity index (χ0) is 31.1. The first kappa shape index (κ1) is 30.2. The number of allylic oxidation sites excluding steroid dienone is 2. The van der Waals surface area contributed by atoms with Crippen molar-refractivity contribution >= 4 is 0 Å². The minimum Gasteiger partial charge on any atom is -0.508 e. The van der Waals surface area contributed by atoms with Crippen LogP contribution in [0.2, 0.25) is 0 Å². The minimum atomic E-state index is -0.535. The van der Waals surface area contributed by atoms with E-state index in [1.54, 1.807) is 6.07 Å². The maximum atomic E-state index is 11.4. The molecule has 3 aliphatic carbocycles. The van der Waals surface area contributed by atoms with E-state index < -0.39 is 12.2 Å². The van der Waals surface area contributed by atoms with Crippen molar-refractivity contribution in [3.05, 3.63) is 82.7 Å². The minimum absolute atomic E-state index is 0.0447. The van der Waals surface area contributed by atoms with Crippen molar-refractivity contribution in [1.29, 1.82) is 0 Å². The molecule has 0 spiro atoms. The maximum absolute atomic E-state index is 11.4. The lowest BCUT2D eigenvalue weighted by Crippen LogP contribution is -2.44. The number of fused-ring (bicyclic) bond motifs is 1. The van der Waals surface area contributed by atoms with Crippen molar-refractivity contribution in [2.24, 2.45) is 17.8 Å². The van der Waals surface area contributed by atoms with Crippen LogP contribution in [0.5, 0.6) is 23.0 Å². The second kappa shape index (κ2) is 12.8. The van der Waals surface area contributed by atoms with Gasteiger partial charge in [0.2, 0.25) is 5.75 Å². The number of methoxy groups -OCH3 is 1. The average molecular weight is 614 g/mol. The van der Waals surface area contributed by atoms with Gasteiger partial charge in [-0.25, -0.2) is 0 Å². The molecule has 7 heteroatoms. The third-order valence-electron chi connectivity index (χ3n) is 11.5. The number of phenols is 3. The van der Waals surface area contributed by atoms with Gasteiger partial charge in [-0.05, 0) is 84.7 Å². The SMILES string of the molecule is COc1c(O)c(O)cc(C2CC(O)C3CCC(c4ccc(O)c(C5C=CCC(C6CCCC6)C5)c4)CC3O2)c1Cc1cc[nH]c1. The number of hydrogen-bond acceptors (Lipinski definition) is 6. The van der Waals surface area contributed by atoms with Crippen molar-refractivity contribution in [1.82, 2.24) is 4.98 Å². The van der Waals surface area contributed by atoms with Crippen molar-refractivity contribution < 1.29 is 29.9 Å². The van der Waals surface area contributed by atoms with Crippen LogP contribution in [0.1, 0.15) is 110 Å². The summed E-state index contributed by atoms with van der Waals surface area (Å²) in [6.07, 6.45) is 18.4. The Balaban J connectivity index is 1.12. The van der Waals surface area contributed by atoms with Crippen LogP contribution in [-0.2, 0) is 11.2 Å². The normalized spacial score (nSPS) is 30.3. The first-order chi connectivity index (χ1) is 21.9. The molecule has 7 unspecified atom stereocenters. The number of phenolic OH excluding ortho intramolecular Hbond substituents is 3. The molecule has 240 valence electrons. The number of ether oxygens (including phenoxy) is 2. The zero-order valence-corrected chi connectivity index (χ0v) is 26.2. The Morgan fingerprint density at radius 2 is 1.76 bits per heavy atom. The summed E-state index contributed by atoms with van der Waals surface area (Å²) in [6.45, 7) is 0. The molecule has 2 saturated carbocycles. The number of rotatable bonds is 7. The van der Waals surface area contributed by atoms with Crippen LogP contribution in [0, 0.1) is 17.8 Å². The van der Waals surface area contributed by atoms with Gasteiger partial charge in [0.05, 0.1) is 25.4 Å². The number of hydrogen-bond donors (Lipinski definition) is 5. The predicted molar refractivity (Wildman–Crippen MR) is 173 cm³/mol. The van der Waals surface area contributed by atoms with Gasteiger partial charge in [-0.3, -0.25) is 0 Å². The average Bonchev–Trinajstić information content (AvgIpc) is 3.78. The van der Waals surface area contributed by atoms with Gasteiger partial charge in [0.25, 0.3) is 0 Å². The summed E-state index contributed by atoms with van der Waals surface area (Å²) in [7, 11) is 1.49. The van der Waals surface area contributed by atoms with Crippen LogP contribution in [0.4, 0.5) is 0 Å². The maximum Gasteiger partial charge on any atom is 0.200 e. The van der Waals surface area contributed by atoms with Crippen molar-refractivity contribution in [2.45, 2.75) is 101 Å². The standard InChI is InChI=1S/C38H47NO6/c1-44-38-31(15-22-13-14-39-21-22)30(19-34(42)37(38)43)36-20-33(41)28-11-9-26(18-35(28)45-36)25-10-12-32(40)29(17-25)27-8-4-7-24(16-27)23-5-2-3-6-23/h4,8,10,12-14,17,19,21,23-24,26-28,33,35-36,39-43H,2-3,5-7,9,11,15-16,18,20H2,1H3. The van der Waals surface area contributed by atoms with Gasteiger partial charge >= 0.3 is 0 Å². The summed E-state index contributed by atoms with van der Waals surface area (Å²) < 4.78 is 12.4. The number of aromatic hydroxyl groups is 3. The molecule has 1 aromatic heterocycles. The molecule has 5 N–H and O–H groups in total. The van der Waals surface area contributed by atoms with E-state index in [9.17, 15) is 20.4 Å². The third kappa shape index (κ3) is 5.97. The van der Waals surface area contributed by atoms with E-state index >= 15 is 0 Å². The number of aromatic nitrogens is 1. The van der Waals surface area contributed by atoms with Gasteiger partial charge in [-0.15, -0.1) is 0 Å². The lowest BCUT2D eigenvalue weighted by molar-refractivity contribution is -0.154. The number of aliphatic hydroxyl groups is 1. The number of H-pyrrole nitrogens is 1. The van der Waals surface area contributed by atoms with E-state index in [4.69, 9.17) is 9.47 Å². The molecule has 1 saturated heterocycles. The smallest absolute Gasteiger partial charge is 0.200 e. The monoisotopic (exact) mass is 613 g/mol. The molecule has 0 radical (unpaired) electrons. The summed E-state index contributed by atoms with van der Waals surface area (Å²) in [6, 6.07) is 9.72. The highest BCUT2D eigenvalue weighted by atomic mass is 16.5. The summed E-state index contributed by atoms with van der Waals surface area (Å²) in [5.41, 5.74) is 4.76. The molecule has 7 nitrogen and oxygen atoms in total. The van der Waals surface area contributed by atoms with Gasteiger partial charge in [-0.1, -0.05) is 50.0 Å². The molecule has 0 bridgehead atoms. The fourth-order valence-electron chi connectivity index (χ4n) is 9.05. The van der Waals surface area contributed by atoms with Crippen molar-refractivity contribution in [3.63, 3.8) is 0 Å². The molecular formula is C38H47NO6. The van der Waals surface area contributed by atoms with Crippen LogP contribution >= 0.6 is 0 Å². The van der Waals surface area contributed by atoms with Crippen molar-refractivity contribution in [2.75, 3.05) is 7.11 Å². The van der Waals surface area contributed by atoms with E-state index in [2.05, 4.69) is 29.3 Å². The largest absolute Gasteiger partial charge is 0.508 e. The van der Waals surface area contributed by atoms with Gasteiger partial charge in [0, 0.05) is 48.2 Å². The Morgan fingerprint density at radius 1 is 0.911 bits per heavy atom.